The lowest BCUT2D eigenvalue weighted by atomic mass is 9.92. The molecule has 0 radical (unpaired) electrons. The van der Waals surface area contributed by atoms with Crippen LogP contribution in [0.5, 0.6) is 0 Å². The second kappa shape index (κ2) is 4.39. The van der Waals surface area contributed by atoms with E-state index in [2.05, 4.69) is 0 Å². The molecule has 0 amide bonds. The van der Waals surface area contributed by atoms with E-state index in [4.69, 9.17) is 9.84 Å². The van der Waals surface area contributed by atoms with Crippen LogP contribution in [0.1, 0.15) is 6.42 Å². The quantitative estimate of drug-likeness (QED) is 0.618. The highest BCUT2D eigenvalue weighted by Gasteiger charge is 2.31. The van der Waals surface area contributed by atoms with Gasteiger partial charge in [-0.15, -0.1) is 0 Å². The van der Waals surface area contributed by atoms with Gasteiger partial charge >= 0.3 is 5.97 Å². The van der Waals surface area contributed by atoms with E-state index in [1.165, 1.54) is 0 Å². The fourth-order valence-electron chi connectivity index (χ4n) is 1.63. The monoisotopic (exact) mass is 186 g/mol. The second-order valence-electron chi connectivity index (χ2n) is 3.26. The summed E-state index contributed by atoms with van der Waals surface area (Å²) in [6, 6.07) is 0. The van der Waals surface area contributed by atoms with Gasteiger partial charge in [0, 0.05) is 13.0 Å². The van der Waals surface area contributed by atoms with Crippen molar-refractivity contribution in [3.8, 4) is 0 Å². The molecule has 4 nitrogen and oxygen atoms in total. The maximum absolute atomic E-state index is 10.5. The third kappa shape index (κ3) is 2.54. The molecule has 0 aromatic heterocycles. The molecule has 0 spiro atoms. The predicted molar refractivity (Wildman–Crippen MR) is 46.3 cm³/mol. The first kappa shape index (κ1) is 10.2. The van der Waals surface area contributed by atoms with Crippen LogP contribution in [0.2, 0.25) is 0 Å². The molecule has 13 heavy (non-hydrogen) atoms. The van der Waals surface area contributed by atoms with Crippen LogP contribution in [0, 0.1) is 11.8 Å². The number of aliphatic carboxylic acids is 1. The molecular formula is C9H14O4. The summed E-state index contributed by atoms with van der Waals surface area (Å²) < 4.78 is 4.92. The second-order valence-corrected chi connectivity index (χ2v) is 3.26. The van der Waals surface area contributed by atoms with Crippen LogP contribution >= 0.6 is 0 Å². The van der Waals surface area contributed by atoms with Gasteiger partial charge in [0.25, 0.3) is 0 Å². The van der Waals surface area contributed by atoms with E-state index in [-0.39, 0.29) is 18.3 Å². The van der Waals surface area contributed by atoms with Crippen molar-refractivity contribution in [1.29, 1.82) is 0 Å². The van der Waals surface area contributed by atoms with Crippen molar-refractivity contribution in [2.75, 3.05) is 13.7 Å². The summed E-state index contributed by atoms with van der Waals surface area (Å²) in [5.74, 6) is -1.06. The normalized spacial score (nSPS) is 32.3. The lowest BCUT2D eigenvalue weighted by Crippen LogP contribution is -2.26. The van der Waals surface area contributed by atoms with Gasteiger partial charge in [-0.25, -0.2) is 0 Å². The first-order chi connectivity index (χ1) is 6.15. The molecule has 1 unspecified atom stereocenters. The molecule has 0 aromatic carbocycles. The maximum atomic E-state index is 10.5. The van der Waals surface area contributed by atoms with E-state index in [1.807, 2.05) is 0 Å². The van der Waals surface area contributed by atoms with E-state index < -0.39 is 12.1 Å². The van der Waals surface area contributed by atoms with Crippen LogP contribution in [-0.4, -0.2) is 36.0 Å². The van der Waals surface area contributed by atoms with Gasteiger partial charge in [0.1, 0.15) is 0 Å². The van der Waals surface area contributed by atoms with Crippen molar-refractivity contribution in [3.05, 3.63) is 12.2 Å². The first-order valence-electron chi connectivity index (χ1n) is 4.22. The van der Waals surface area contributed by atoms with E-state index in [0.717, 1.165) is 0 Å². The number of aliphatic hydroxyl groups is 1. The number of hydrogen-bond acceptors (Lipinski definition) is 3. The highest BCUT2D eigenvalue weighted by molar-refractivity contribution is 5.67. The molecule has 4 heteroatoms. The smallest absolute Gasteiger partial charge is 0.303 e. The van der Waals surface area contributed by atoms with Gasteiger partial charge in [-0.05, 0) is 5.92 Å². The Bertz CT molecular complexity index is 212. The molecule has 0 heterocycles. The van der Waals surface area contributed by atoms with Crippen molar-refractivity contribution in [3.63, 3.8) is 0 Å². The topological polar surface area (TPSA) is 66.8 Å². The Morgan fingerprint density at radius 2 is 2.23 bits per heavy atom. The Morgan fingerprint density at radius 1 is 1.54 bits per heavy atom. The Balaban J connectivity index is 2.52. The minimum atomic E-state index is -0.843. The zero-order valence-corrected chi connectivity index (χ0v) is 7.51. The third-order valence-electron chi connectivity index (χ3n) is 2.31. The van der Waals surface area contributed by atoms with Crippen LogP contribution < -0.4 is 0 Å². The molecule has 0 saturated heterocycles. The van der Waals surface area contributed by atoms with E-state index in [1.54, 1.807) is 19.3 Å². The average Bonchev–Trinajstić information content (AvgIpc) is 2.35. The van der Waals surface area contributed by atoms with E-state index in [0.29, 0.717) is 6.61 Å². The highest BCUT2D eigenvalue weighted by Crippen LogP contribution is 2.28. The lowest BCUT2D eigenvalue weighted by Gasteiger charge is -2.19. The Labute approximate surface area is 76.8 Å². The molecular weight excluding hydrogens is 172 g/mol. The van der Waals surface area contributed by atoms with Gasteiger partial charge in [-0.3, -0.25) is 4.79 Å². The number of carbonyl (C=O) groups is 1. The summed E-state index contributed by atoms with van der Waals surface area (Å²) in [5.41, 5.74) is 0. The summed E-state index contributed by atoms with van der Waals surface area (Å²) in [7, 11) is 1.54. The molecule has 0 aromatic rings. The predicted octanol–water partition coefficient (Wildman–Crippen LogP) is 0.271. The zero-order chi connectivity index (χ0) is 9.84. The molecule has 74 valence electrons. The minimum Gasteiger partial charge on any atom is -0.481 e. The Morgan fingerprint density at radius 3 is 2.77 bits per heavy atom. The van der Waals surface area contributed by atoms with Crippen LogP contribution in [0.25, 0.3) is 0 Å². The van der Waals surface area contributed by atoms with Crippen LogP contribution in [0.3, 0.4) is 0 Å². The summed E-state index contributed by atoms with van der Waals surface area (Å²) in [6.45, 7) is 0.395. The van der Waals surface area contributed by atoms with Gasteiger partial charge < -0.3 is 14.9 Å². The number of allylic oxidation sites excluding steroid dienone is 1. The number of aliphatic hydroxyl groups excluding tert-OH is 1. The molecule has 0 saturated carbocycles. The summed E-state index contributed by atoms with van der Waals surface area (Å²) in [4.78, 5) is 10.5. The number of hydrogen-bond donors (Lipinski definition) is 2. The van der Waals surface area contributed by atoms with Crippen LogP contribution in [0.15, 0.2) is 12.2 Å². The Kier molecular flexibility index (Phi) is 3.45. The fraction of sp³-hybridized carbons (Fsp3) is 0.667. The molecule has 2 N–H and O–H groups in total. The third-order valence-corrected chi connectivity index (χ3v) is 2.31. The SMILES string of the molecule is COC[C@@H]1C(CC(=O)O)C=C[C@H]1O. The number of ether oxygens (including phenoxy) is 1. The highest BCUT2D eigenvalue weighted by atomic mass is 16.5. The van der Waals surface area contributed by atoms with E-state index in [9.17, 15) is 9.90 Å². The Hall–Kier alpha value is -0.870. The van der Waals surface area contributed by atoms with Crippen molar-refractivity contribution in [2.45, 2.75) is 12.5 Å². The van der Waals surface area contributed by atoms with Gasteiger partial charge in [0.05, 0.1) is 19.1 Å². The van der Waals surface area contributed by atoms with Gasteiger partial charge in [0.15, 0.2) is 0 Å². The minimum absolute atomic E-state index is 0.0571. The molecule has 0 aliphatic heterocycles. The van der Waals surface area contributed by atoms with Crippen molar-refractivity contribution in [1.82, 2.24) is 0 Å². The lowest BCUT2D eigenvalue weighted by molar-refractivity contribution is -0.138. The average molecular weight is 186 g/mol. The number of carboxylic acids is 1. The van der Waals surface area contributed by atoms with E-state index >= 15 is 0 Å². The summed E-state index contributed by atoms with van der Waals surface area (Å²) in [5, 5.41) is 18.0. The van der Waals surface area contributed by atoms with Gasteiger partial charge in [-0.2, -0.15) is 0 Å². The van der Waals surface area contributed by atoms with Gasteiger partial charge in [0.2, 0.25) is 0 Å². The fourth-order valence-corrected chi connectivity index (χ4v) is 1.63. The molecule has 3 atom stereocenters. The van der Waals surface area contributed by atoms with Crippen molar-refractivity contribution < 1.29 is 19.7 Å². The summed E-state index contributed by atoms with van der Waals surface area (Å²) in [6.07, 6.45) is 2.88. The first-order valence-corrected chi connectivity index (χ1v) is 4.22. The van der Waals surface area contributed by atoms with Crippen molar-refractivity contribution in [2.24, 2.45) is 11.8 Å². The molecule has 0 bridgehead atoms. The van der Waals surface area contributed by atoms with Crippen LogP contribution in [-0.2, 0) is 9.53 Å². The molecule has 1 aliphatic rings. The van der Waals surface area contributed by atoms with Gasteiger partial charge in [-0.1, -0.05) is 12.2 Å². The van der Waals surface area contributed by atoms with Crippen LogP contribution in [0.4, 0.5) is 0 Å². The molecule has 1 rings (SSSR count). The number of rotatable bonds is 4. The maximum Gasteiger partial charge on any atom is 0.303 e. The zero-order valence-electron chi connectivity index (χ0n) is 7.51. The number of carboxylic acid groups (broad SMARTS) is 1. The number of methoxy groups -OCH3 is 1. The van der Waals surface area contributed by atoms with Crippen molar-refractivity contribution >= 4 is 5.97 Å². The molecule has 1 aliphatic carbocycles. The largest absolute Gasteiger partial charge is 0.481 e. The standard InChI is InChI=1S/C9H14O4/c1-13-5-7-6(4-9(11)12)2-3-8(7)10/h2-3,6-8,10H,4-5H2,1H3,(H,11,12)/t6?,7-,8-/m1/s1. The summed E-state index contributed by atoms with van der Waals surface area (Å²) >= 11 is 0. The molecule has 0 fully saturated rings.